The standard InChI is InChI=1S/C19H32O3/c1-18-10-8-15(20)17(22)14(18)4-3-11-12-5-6-16(21)19(12,2)9-7-13(11)18/h11-17,20-22H,3-10H2,1-2H3/t11-,12-,13-,14?,15?,16?,17?,18+,19-/m0/s1. The van der Waals surface area contributed by atoms with Gasteiger partial charge in [0.25, 0.3) is 0 Å². The van der Waals surface area contributed by atoms with Gasteiger partial charge in [0.2, 0.25) is 0 Å². The third kappa shape index (κ3) is 1.85. The summed E-state index contributed by atoms with van der Waals surface area (Å²) in [5.41, 5.74) is 0.327. The molecule has 4 aliphatic rings. The van der Waals surface area contributed by atoms with E-state index in [1.807, 2.05) is 0 Å². The van der Waals surface area contributed by atoms with E-state index in [1.165, 1.54) is 19.3 Å². The molecule has 0 aromatic carbocycles. The normalized spacial score (nSPS) is 61.2. The van der Waals surface area contributed by atoms with Gasteiger partial charge in [-0.1, -0.05) is 13.8 Å². The largest absolute Gasteiger partial charge is 0.393 e. The van der Waals surface area contributed by atoms with Crippen molar-refractivity contribution in [1.29, 1.82) is 0 Å². The van der Waals surface area contributed by atoms with Gasteiger partial charge in [0.1, 0.15) is 0 Å². The van der Waals surface area contributed by atoms with E-state index in [1.54, 1.807) is 0 Å². The van der Waals surface area contributed by atoms with Gasteiger partial charge in [-0.2, -0.15) is 0 Å². The first-order chi connectivity index (χ1) is 10.4. The van der Waals surface area contributed by atoms with Gasteiger partial charge in [-0.15, -0.1) is 0 Å². The van der Waals surface area contributed by atoms with Crippen molar-refractivity contribution < 1.29 is 15.3 Å². The smallest absolute Gasteiger partial charge is 0.0832 e. The average Bonchev–Trinajstić information content (AvgIpc) is 2.79. The third-order valence-electron chi connectivity index (χ3n) is 8.68. The van der Waals surface area contributed by atoms with Crippen molar-refractivity contribution in [3.8, 4) is 0 Å². The molecular weight excluding hydrogens is 276 g/mol. The van der Waals surface area contributed by atoms with Gasteiger partial charge in [0.15, 0.2) is 0 Å². The van der Waals surface area contributed by atoms with Crippen molar-refractivity contribution in [1.82, 2.24) is 0 Å². The first-order valence-electron chi connectivity index (χ1n) is 9.42. The Kier molecular flexibility index (Phi) is 3.46. The molecule has 22 heavy (non-hydrogen) atoms. The maximum absolute atomic E-state index is 10.5. The molecule has 9 atom stereocenters. The van der Waals surface area contributed by atoms with Crippen molar-refractivity contribution >= 4 is 0 Å². The lowest BCUT2D eigenvalue weighted by molar-refractivity contribution is -0.176. The minimum Gasteiger partial charge on any atom is -0.393 e. The van der Waals surface area contributed by atoms with Crippen LogP contribution in [-0.2, 0) is 0 Å². The molecule has 0 aromatic rings. The molecule has 4 saturated carbocycles. The van der Waals surface area contributed by atoms with Gasteiger partial charge in [0.05, 0.1) is 18.3 Å². The van der Waals surface area contributed by atoms with Crippen LogP contribution in [0.1, 0.15) is 65.2 Å². The number of rotatable bonds is 0. The van der Waals surface area contributed by atoms with Gasteiger partial charge in [0, 0.05) is 0 Å². The summed E-state index contributed by atoms with van der Waals surface area (Å²) in [7, 11) is 0. The van der Waals surface area contributed by atoms with Gasteiger partial charge >= 0.3 is 0 Å². The van der Waals surface area contributed by atoms with E-state index in [2.05, 4.69) is 13.8 Å². The second-order valence-corrected chi connectivity index (χ2v) is 9.30. The van der Waals surface area contributed by atoms with Crippen LogP contribution in [0.25, 0.3) is 0 Å². The molecule has 3 N–H and O–H groups in total. The molecule has 0 heterocycles. The van der Waals surface area contributed by atoms with Gasteiger partial charge in [-0.25, -0.2) is 0 Å². The lowest BCUT2D eigenvalue weighted by atomic mass is 9.44. The number of aliphatic hydroxyl groups is 3. The fourth-order valence-electron chi connectivity index (χ4n) is 7.29. The summed E-state index contributed by atoms with van der Waals surface area (Å²) in [5.74, 6) is 2.34. The van der Waals surface area contributed by atoms with E-state index in [0.717, 1.165) is 38.0 Å². The highest BCUT2D eigenvalue weighted by Gasteiger charge is 2.61. The molecule has 0 spiro atoms. The number of aliphatic hydroxyl groups excluding tert-OH is 3. The van der Waals surface area contributed by atoms with Crippen LogP contribution in [0.5, 0.6) is 0 Å². The summed E-state index contributed by atoms with van der Waals surface area (Å²) in [5, 5.41) is 31.1. The van der Waals surface area contributed by atoms with Crippen molar-refractivity contribution in [2.45, 2.75) is 83.5 Å². The molecule has 4 aliphatic carbocycles. The lowest BCUT2D eigenvalue weighted by Gasteiger charge is -2.61. The third-order valence-corrected chi connectivity index (χ3v) is 8.68. The molecule has 0 aliphatic heterocycles. The minimum absolute atomic E-state index is 0.109. The van der Waals surface area contributed by atoms with Crippen molar-refractivity contribution in [2.24, 2.45) is 34.5 Å². The molecule has 0 aromatic heterocycles. The SMILES string of the molecule is C[C@]12CCC(O)C(O)C1CC[C@@H]1[C@@H]2CC[C@]2(C)C(O)CC[C@@H]12. The van der Waals surface area contributed by atoms with E-state index < -0.39 is 12.2 Å². The molecule has 4 unspecified atom stereocenters. The molecule has 0 saturated heterocycles. The van der Waals surface area contributed by atoms with Crippen LogP contribution in [0, 0.1) is 34.5 Å². The van der Waals surface area contributed by atoms with Crippen LogP contribution >= 0.6 is 0 Å². The van der Waals surface area contributed by atoms with Crippen LogP contribution < -0.4 is 0 Å². The quantitative estimate of drug-likeness (QED) is 0.645. The predicted octanol–water partition coefficient (Wildman–Crippen LogP) is 2.72. The topological polar surface area (TPSA) is 60.7 Å². The molecule has 0 radical (unpaired) electrons. The van der Waals surface area contributed by atoms with Crippen LogP contribution in [0.4, 0.5) is 0 Å². The minimum atomic E-state index is -0.526. The Morgan fingerprint density at radius 3 is 2.09 bits per heavy atom. The number of fused-ring (bicyclic) bond motifs is 5. The maximum Gasteiger partial charge on any atom is 0.0832 e. The summed E-state index contributed by atoms with van der Waals surface area (Å²) in [4.78, 5) is 0. The first kappa shape index (κ1) is 15.4. The second-order valence-electron chi connectivity index (χ2n) is 9.30. The Bertz CT molecular complexity index is 452. The van der Waals surface area contributed by atoms with E-state index in [-0.39, 0.29) is 22.9 Å². The Labute approximate surface area is 134 Å². The van der Waals surface area contributed by atoms with Crippen LogP contribution in [0.2, 0.25) is 0 Å². The molecule has 0 amide bonds. The Morgan fingerprint density at radius 1 is 0.682 bits per heavy atom. The summed E-state index contributed by atoms with van der Waals surface area (Å²) in [6.07, 6.45) is 7.40. The Morgan fingerprint density at radius 2 is 1.32 bits per heavy atom. The van der Waals surface area contributed by atoms with Gasteiger partial charge < -0.3 is 15.3 Å². The highest BCUT2D eigenvalue weighted by atomic mass is 16.3. The van der Waals surface area contributed by atoms with Crippen molar-refractivity contribution in [3.05, 3.63) is 0 Å². The van der Waals surface area contributed by atoms with Gasteiger partial charge in [-0.05, 0) is 85.9 Å². The fraction of sp³-hybridized carbons (Fsp3) is 1.00. The molecular formula is C19H32O3. The number of hydrogen-bond acceptors (Lipinski definition) is 3. The summed E-state index contributed by atoms with van der Waals surface area (Å²) < 4.78 is 0. The zero-order chi connectivity index (χ0) is 15.7. The zero-order valence-corrected chi connectivity index (χ0v) is 14.0. The molecule has 4 fully saturated rings. The molecule has 0 bridgehead atoms. The predicted molar refractivity (Wildman–Crippen MR) is 85.1 cm³/mol. The van der Waals surface area contributed by atoms with E-state index in [4.69, 9.17) is 0 Å². The van der Waals surface area contributed by atoms with E-state index in [9.17, 15) is 15.3 Å². The fourth-order valence-corrected chi connectivity index (χ4v) is 7.29. The zero-order valence-electron chi connectivity index (χ0n) is 14.0. The summed E-state index contributed by atoms with van der Waals surface area (Å²) in [6.45, 7) is 4.71. The highest BCUT2D eigenvalue weighted by Crippen LogP contribution is 2.66. The Balaban J connectivity index is 1.64. The van der Waals surface area contributed by atoms with Crippen molar-refractivity contribution in [2.75, 3.05) is 0 Å². The Hall–Kier alpha value is -0.120. The monoisotopic (exact) mass is 308 g/mol. The second kappa shape index (κ2) is 4.94. The van der Waals surface area contributed by atoms with Gasteiger partial charge in [-0.3, -0.25) is 0 Å². The lowest BCUT2D eigenvalue weighted by Crippen LogP contribution is -2.58. The van der Waals surface area contributed by atoms with Crippen LogP contribution in [0.15, 0.2) is 0 Å². The highest BCUT2D eigenvalue weighted by molar-refractivity contribution is 5.10. The molecule has 3 heteroatoms. The average molecular weight is 308 g/mol. The van der Waals surface area contributed by atoms with Crippen molar-refractivity contribution in [3.63, 3.8) is 0 Å². The molecule has 4 rings (SSSR count). The van der Waals surface area contributed by atoms with Crippen LogP contribution in [0.3, 0.4) is 0 Å². The van der Waals surface area contributed by atoms with E-state index in [0.29, 0.717) is 11.8 Å². The number of hydrogen-bond donors (Lipinski definition) is 3. The van der Waals surface area contributed by atoms with Crippen LogP contribution in [-0.4, -0.2) is 33.6 Å². The summed E-state index contributed by atoms with van der Waals surface area (Å²) in [6, 6.07) is 0. The summed E-state index contributed by atoms with van der Waals surface area (Å²) >= 11 is 0. The molecule has 126 valence electrons. The molecule has 3 nitrogen and oxygen atoms in total. The van der Waals surface area contributed by atoms with E-state index >= 15 is 0 Å². The maximum atomic E-state index is 10.5. The first-order valence-corrected chi connectivity index (χ1v) is 9.42.